The first-order chi connectivity index (χ1) is 28.1. The van der Waals surface area contributed by atoms with Crippen molar-refractivity contribution in [1.82, 2.24) is 0 Å². The second-order valence-corrected chi connectivity index (χ2v) is 17.4. The minimum atomic E-state index is 0.604. The largest absolute Gasteiger partial charge is 0.0945 e. The van der Waals surface area contributed by atoms with Gasteiger partial charge in [-0.05, 0) is 134 Å². The fourth-order valence-electron chi connectivity index (χ4n) is 8.90. The van der Waals surface area contributed by atoms with Gasteiger partial charge in [-0.25, -0.2) is 0 Å². The zero-order valence-corrected chi connectivity index (χ0v) is 36.4. The van der Waals surface area contributed by atoms with Gasteiger partial charge < -0.3 is 0 Å². The molecule has 2 fully saturated rings. The lowest BCUT2D eigenvalue weighted by molar-refractivity contribution is 0.294. The van der Waals surface area contributed by atoms with E-state index in [1.54, 1.807) is 0 Å². The van der Waals surface area contributed by atoms with Crippen LogP contribution in [0.1, 0.15) is 172 Å². The first kappa shape index (κ1) is 44.1. The zero-order chi connectivity index (χ0) is 39.9. The van der Waals surface area contributed by atoms with E-state index in [9.17, 15) is 0 Å². The lowest BCUT2D eigenvalue weighted by Crippen LogP contribution is -2.13. The van der Waals surface area contributed by atoms with Crippen LogP contribution >= 0.6 is 0 Å². The van der Waals surface area contributed by atoms with Gasteiger partial charge in [0.25, 0.3) is 0 Å². The van der Waals surface area contributed by atoms with E-state index in [-0.39, 0.29) is 0 Å². The minimum absolute atomic E-state index is 0.604. The van der Waals surface area contributed by atoms with E-state index in [0.717, 1.165) is 35.8 Å². The summed E-state index contributed by atoms with van der Waals surface area (Å²) >= 11 is 0. The normalized spacial score (nSPS) is 18.9. The van der Waals surface area contributed by atoms with Gasteiger partial charge in [-0.2, -0.15) is 0 Å². The molecule has 0 N–H and O–H groups in total. The van der Waals surface area contributed by atoms with Crippen LogP contribution in [-0.4, -0.2) is 0 Å². The predicted octanol–water partition coefficient (Wildman–Crippen LogP) is 16.5. The van der Waals surface area contributed by atoms with E-state index in [2.05, 4.69) is 148 Å². The Morgan fingerprint density at radius 2 is 0.702 bits per heavy atom. The SMILES string of the molecule is CCCCCC[C@H]1CC[C@H](C#Cc2ccc(-c3ccc(CCC)cc3)cc2)CC1.CCCCC[C@H]1CC[C@H](C#Cc2ccc(-c3ccc(CCC)cc3)cc2)CC1. The maximum atomic E-state index is 3.57. The molecule has 4 aromatic carbocycles. The van der Waals surface area contributed by atoms with Gasteiger partial charge in [-0.3, -0.25) is 0 Å². The smallest absolute Gasteiger partial charge is 0.0245 e. The summed E-state index contributed by atoms with van der Waals surface area (Å²) in [6, 6.07) is 35.6. The van der Waals surface area contributed by atoms with Gasteiger partial charge in [-0.15, -0.1) is 0 Å². The van der Waals surface area contributed by atoms with Crippen molar-refractivity contribution in [2.24, 2.45) is 23.7 Å². The zero-order valence-electron chi connectivity index (χ0n) is 36.4. The van der Waals surface area contributed by atoms with E-state index in [1.807, 2.05) is 0 Å². The van der Waals surface area contributed by atoms with Crippen LogP contribution in [0.15, 0.2) is 97.1 Å². The molecule has 0 heteroatoms. The van der Waals surface area contributed by atoms with Crippen molar-refractivity contribution in [2.75, 3.05) is 0 Å². The van der Waals surface area contributed by atoms with Gasteiger partial charge in [0.05, 0.1) is 0 Å². The molecule has 57 heavy (non-hydrogen) atoms. The molecule has 2 aliphatic rings. The molecular weight excluding hydrogens is 685 g/mol. The second kappa shape index (κ2) is 25.4. The van der Waals surface area contributed by atoms with Crippen LogP contribution in [0.4, 0.5) is 0 Å². The average Bonchev–Trinajstić information content (AvgIpc) is 3.26. The molecule has 0 saturated heterocycles. The van der Waals surface area contributed by atoms with Gasteiger partial charge >= 0.3 is 0 Å². The molecule has 0 bridgehead atoms. The van der Waals surface area contributed by atoms with E-state index in [1.165, 1.54) is 155 Å². The third-order valence-corrected chi connectivity index (χ3v) is 12.6. The van der Waals surface area contributed by atoms with Gasteiger partial charge in [0.1, 0.15) is 0 Å². The van der Waals surface area contributed by atoms with Crippen molar-refractivity contribution < 1.29 is 0 Å². The molecule has 2 aliphatic carbocycles. The third-order valence-electron chi connectivity index (χ3n) is 12.6. The molecule has 302 valence electrons. The molecule has 0 heterocycles. The topological polar surface area (TPSA) is 0 Å². The minimum Gasteiger partial charge on any atom is -0.0945 e. The molecule has 0 amide bonds. The Bertz CT molecular complexity index is 1780. The van der Waals surface area contributed by atoms with Gasteiger partial charge in [0, 0.05) is 23.0 Å². The molecule has 2 saturated carbocycles. The summed E-state index contributed by atoms with van der Waals surface area (Å²) in [6.45, 7) is 9.05. The third kappa shape index (κ3) is 15.7. The number of unbranched alkanes of at least 4 members (excludes halogenated alkanes) is 5. The standard InChI is InChI=1S/C29H38.C28H36/c1-3-5-6-7-9-25-10-12-26(13-11-25)14-15-27-18-22-29(23-19-27)28-20-16-24(8-4-2)17-21-28;1-3-5-6-8-24-9-11-25(12-10-24)13-14-26-17-21-28(22-18-26)27-19-15-23(7-4-2)16-20-27/h16-23,25-26H,3-13H2,1-2H3;15-22,24-25H,3-12H2,1-2H3/t25-,26-;24-,25-. The fraction of sp³-hybridized carbons (Fsp3) is 0.509. The quantitative estimate of drug-likeness (QED) is 0.0837. The molecule has 0 atom stereocenters. The van der Waals surface area contributed by atoms with Crippen molar-refractivity contribution in [1.29, 1.82) is 0 Å². The van der Waals surface area contributed by atoms with Gasteiger partial charge in [0.15, 0.2) is 0 Å². The predicted molar refractivity (Wildman–Crippen MR) is 249 cm³/mol. The van der Waals surface area contributed by atoms with E-state index in [0.29, 0.717) is 11.8 Å². The Hall–Kier alpha value is -4.00. The van der Waals surface area contributed by atoms with E-state index < -0.39 is 0 Å². The highest BCUT2D eigenvalue weighted by atomic mass is 14.2. The number of hydrogen-bond acceptors (Lipinski definition) is 0. The van der Waals surface area contributed by atoms with Crippen molar-refractivity contribution in [2.45, 2.75) is 163 Å². The molecule has 0 spiro atoms. The van der Waals surface area contributed by atoms with Crippen LogP contribution in [0.3, 0.4) is 0 Å². The Labute approximate surface area is 350 Å². The summed E-state index contributed by atoms with van der Waals surface area (Å²) in [5, 5.41) is 0. The lowest BCUT2D eigenvalue weighted by Gasteiger charge is -2.25. The van der Waals surface area contributed by atoms with Crippen LogP contribution in [0.5, 0.6) is 0 Å². The van der Waals surface area contributed by atoms with Crippen LogP contribution < -0.4 is 0 Å². The van der Waals surface area contributed by atoms with Crippen LogP contribution in [0.25, 0.3) is 22.3 Å². The summed E-state index contributed by atoms with van der Waals surface area (Å²) in [7, 11) is 0. The molecule has 0 unspecified atom stereocenters. The molecular formula is C57H74. The summed E-state index contributed by atoms with van der Waals surface area (Å²) in [6.07, 6.45) is 28.1. The lowest BCUT2D eigenvalue weighted by atomic mass is 9.80. The molecule has 6 rings (SSSR count). The van der Waals surface area contributed by atoms with E-state index in [4.69, 9.17) is 0 Å². The Kier molecular flexibility index (Phi) is 19.6. The second-order valence-electron chi connectivity index (χ2n) is 17.4. The number of benzene rings is 4. The number of hydrogen-bond donors (Lipinski definition) is 0. The first-order valence-electron chi connectivity index (χ1n) is 23.5. The molecule has 0 radical (unpaired) electrons. The van der Waals surface area contributed by atoms with E-state index >= 15 is 0 Å². The molecule has 0 nitrogen and oxygen atoms in total. The Morgan fingerprint density at radius 3 is 1.05 bits per heavy atom. The first-order valence-corrected chi connectivity index (χ1v) is 23.5. The fourth-order valence-corrected chi connectivity index (χ4v) is 8.90. The maximum absolute atomic E-state index is 3.57. The van der Waals surface area contributed by atoms with Gasteiger partial charge in [-0.1, -0.05) is 195 Å². The van der Waals surface area contributed by atoms with Crippen LogP contribution in [0.2, 0.25) is 0 Å². The number of aryl methyl sites for hydroxylation is 2. The summed E-state index contributed by atoms with van der Waals surface area (Å²) in [5.74, 6) is 17.1. The highest BCUT2D eigenvalue weighted by molar-refractivity contribution is 5.65. The monoisotopic (exact) mass is 759 g/mol. The van der Waals surface area contributed by atoms with Crippen LogP contribution in [0, 0.1) is 47.4 Å². The summed E-state index contributed by atoms with van der Waals surface area (Å²) in [5.41, 5.74) is 10.3. The molecule has 0 aromatic heterocycles. The molecule has 0 aliphatic heterocycles. The summed E-state index contributed by atoms with van der Waals surface area (Å²) in [4.78, 5) is 0. The maximum Gasteiger partial charge on any atom is 0.0245 e. The highest BCUT2D eigenvalue weighted by Crippen LogP contribution is 2.33. The average molecular weight is 759 g/mol. The van der Waals surface area contributed by atoms with Crippen molar-refractivity contribution in [3.05, 3.63) is 119 Å². The summed E-state index contributed by atoms with van der Waals surface area (Å²) < 4.78 is 0. The Balaban J connectivity index is 0.000000218. The van der Waals surface area contributed by atoms with Crippen LogP contribution in [-0.2, 0) is 12.8 Å². The Morgan fingerprint density at radius 1 is 0.368 bits per heavy atom. The molecule has 4 aromatic rings. The number of rotatable bonds is 15. The van der Waals surface area contributed by atoms with Crippen molar-refractivity contribution in [3.8, 4) is 45.9 Å². The van der Waals surface area contributed by atoms with Gasteiger partial charge in [0.2, 0.25) is 0 Å². The van der Waals surface area contributed by atoms with Crippen molar-refractivity contribution >= 4 is 0 Å². The van der Waals surface area contributed by atoms with Crippen molar-refractivity contribution in [3.63, 3.8) is 0 Å². The highest BCUT2D eigenvalue weighted by Gasteiger charge is 2.20.